The predicted molar refractivity (Wildman–Crippen MR) is 133 cm³/mol. The number of allylic oxidation sites excluding steroid dienone is 6. The molecule has 0 spiro atoms. The van der Waals surface area contributed by atoms with Gasteiger partial charge in [-0.15, -0.1) is 0 Å². The first kappa shape index (κ1) is 28.7. The van der Waals surface area contributed by atoms with E-state index in [0.29, 0.717) is 13.0 Å². The van der Waals surface area contributed by atoms with Crippen molar-refractivity contribution in [2.75, 3.05) is 6.61 Å². The van der Waals surface area contributed by atoms with E-state index < -0.39 is 0 Å². The second-order valence-electron chi connectivity index (χ2n) is 8.39. The second-order valence-corrected chi connectivity index (χ2v) is 8.39. The van der Waals surface area contributed by atoms with Crippen LogP contribution in [0.2, 0.25) is 0 Å². The molecular formula is C28H50O2. The van der Waals surface area contributed by atoms with E-state index in [1.54, 1.807) is 0 Å². The minimum Gasteiger partial charge on any atom is -0.466 e. The van der Waals surface area contributed by atoms with Crippen LogP contribution >= 0.6 is 0 Å². The molecule has 0 aliphatic rings. The van der Waals surface area contributed by atoms with E-state index in [2.05, 4.69) is 50.3 Å². The van der Waals surface area contributed by atoms with Crippen molar-refractivity contribution in [3.63, 3.8) is 0 Å². The summed E-state index contributed by atoms with van der Waals surface area (Å²) in [5.74, 6) is -0.00332. The number of carbonyl (C=O) groups is 1. The maximum absolute atomic E-state index is 11.7. The molecule has 0 rings (SSSR count). The summed E-state index contributed by atoms with van der Waals surface area (Å²) in [5, 5.41) is 0. The second kappa shape index (κ2) is 25.7. The summed E-state index contributed by atoms with van der Waals surface area (Å²) < 4.78 is 5.35. The Bertz CT molecular complexity index is 434. The first-order valence-corrected chi connectivity index (χ1v) is 12.9. The Labute approximate surface area is 188 Å². The van der Waals surface area contributed by atoms with Crippen molar-refractivity contribution in [2.24, 2.45) is 0 Å². The molecule has 0 fully saturated rings. The topological polar surface area (TPSA) is 26.3 Å². The van der Waals surface area contributed by atoms with Gasteiger partial charge in [0.1, 0.15) is 0 Å². The molecule has 174 valence electrons. The molecule has 0 N–H and O–H groups in total. The van der Waals surface area contributed by atoms with E-state index in [-0.39, 0.29) is 5.97 Å². The third-order valence-electron chi connectivity index (χ3n) is 5.34. The van der Waals surface area contributed by atoms with Crippen molar-refractivity contribution in [2.45, 2.75) is 129 Å². The van der Waals surface area contributed by atoms with Gasteiger partial charge < -0.3 is 4.74 Å². The molecule has 0 heterocycles. The van der Waals surface area contributed by atoms with Crippen molar-refractivity contribution >= 4 is 5.97 Å². The third-order valence-corrected chi connectivity index (χ3v) is 5.34. The maximum atomic E-state index is 11.7. The highest BCUT2D eigenvalue weighted by Crippen LogP contribution is 2.10. The minimum atomic E-state index is -0.00332. The number of unbranched alkanes of at least 4 members (excludes halogenated alkanes) is 14. The first-order chi connectivity index (χ1) is 14.8. The molecule has 0 saturated carbocycles. The van der Waals surface area contributed by atoms with Crippen molar-refractivity contribution < 1.29 is 9.53 Å². The molecule has 0 aromatic carbocycles. The Hall–Kier alpha value is -1.31. The highest BCUT2D eigenvalue weighted by molar-refractivity contribution is 5.69. The van der Waals surface area contributed by atoms with Crippen molar-refractivity contribution in [1.29, 1.82) is 0 Å². The van der Waals surface area contributed by atoms with Gasteiger partial charge in [0.2, 0.25) is 0 Å². The van der Waals surface area contributed by atoms with E-state index in [4.69, 9.17) is 4.74 Å². The normalized spacial score (nSPS) is 11.9. The molecule has 0 saturated heterocycles. The van der Waals surface area contributed by atoms with E-state index in [0.717, 1.165) is 25.7 Å². The van der Waals surface area contributed by atoms with Crippen LogP contribution in [0.4, 0.5) is 0 Å². The molecule has 2 heteroatoms. The van der Waals surface area contributed by atoms with Gasteiger partial charge in [-0.05, 0) is 32.1 Å². The zero-order chi connectivity index (χ0) is 22.0. The van der Waals surface area contributed by atoms with Crippen LogP contribution in [0.1, 0.15) is 129 Å². The zero-order valence-corrected chi connectivity index (χ0v) is 20.2. The summed E-state index contributed by atoms with van der Waals surface area (Å²) in [6.45, 7) is 5.09. The van der Waals surface area contributed by atoms with Gasteiger partial charge in [0.25, 0.3) is 0 Å². The lowest BCUT2D eigenvalue weighted by Gasteiger charge is -2.05. The monoisotopic (exact) mass is 418 g/mol. The fourth-order valence-corrected chi connectivity index (χ4v) is 3.36. The third kappa shape index (κ3) is 24.7. The lowest BCUT2D eigenvalue weighted by molar-refractivity contribution is -0.143. The number of hydrogen-bond acceptors (Lipinski definition) is 2. The number of carbonyl (C=O) groups excluding carboxylic acids is 1. The van der Waals surface area contributed by atoms with Gasteiger partial charge in [-0.25, -0.2) is 0 Å². The van der Waals surface area contributed by atoms with Crippen LogP contribution in [-0.4, -0.2) is 12.6 Å². The number of ether oxygens (including phenoxy) is 1. The Kier molecular flexibility index (Phi) is 24.6. The Morgan fingerprint density at radius 1 is 0.567 bits per heavy atom. The highest BCUT2D eigenvalue weighted by Gasteiger charge is 2.02. The summed E-state index contributed by atoms with van der Waals surface area (Å²) in [6.07, 6.45) is 34.5. The smallest absolute Gasteiger partial charge is 0.305 e. The summed E-state index contributed by atoms with van der Waals surface area (Å²) >= 11 is 0. The van der Waals surface area contributed by atoms with Gasteiger partial charge in [0, 0.05) is 6.42 Å². The van der Waals surface area contributed by atoms with E-state index in [9.17, 15) is 4.79 Å². The van der Waals surface area contributed by atoms with Gasteiger partial charge in [0.05, 0.1) is 6.61 Å². The van der Waals surface area contributed by atoms with Gasteiger partial charge in [-0.2, -0.15) is 0 Å². The largest absolute Gasteiger partial charge is 0.466 e. The van der Waals surface area contributed by atoms with Crippen molar-refractivity contribution in [3.8, 4) is 0 Å². The highest BCUT2D eigenvalue weighted by atomic mass is 16.5. The van der Waals surface area contributed by atoms with Crippen molar-refractivity contribution in [1.82, 2.24) is 0 Å². The fourth-order valence-electron chi connectivity index (χ4n) is 3.36. The molecule has 0 amide bonds. The van der Waals surface area contributed by atoms with Crippen LogP contribution in [0, 0.1) is 0 Å². The predicted octanol–water partition coefficient (Wildman–Crippen LogP) is 9.26. The first-order valence-electron chi connectivity index (χ1n) is 12.9. The Morgan fingerprint density at radius 3 is 1.70 bits per heavy atom. The van der Waals surface area contributed by atoms with Crippen LogP contribution in [-0.2, 0) is 9.53 Å². The molecule has 0 atom stereocenters. The van der Waals surface area contributed by atoms with Crippen LogP contribution in [0.5, 0.6) is 0 Å². The molecule has 0 aliphatic carbocycles. The van der Waals surface area contributed by atoms with E-state index >= 15 is 0 Å². The zero-order valence-electron chi connectivity index (χ0n) is 20.2. The van der Waals surface area contributed by atoms with Gasteiger partial charge in [-0.1, -0.05) is 127 Å². The Morgan fingerprint density at radius 2 is 1.07 bits per heavy atom. The molecule has 30 heavy (non-hydrogen) atoms. The molecule has 0 aromatic rings. The summed E-state index contributed by atoms with van der Waals surface area (Å²) in [7, 11) is 0. The summed E-state index contributed by atoms with van der Waals surface area (Å²) in [4.78, 5) is 11.7. The number of esters is 1. The average Bonchev–Trinajstić information content (AvgIpc) is 2.75. The molecule has 0 aromatic heterocycles. The minimum absolute atomic E-state index is 0.00332. The van der Waals surface area contributed by atoms with Gasteiger partial charge in [-0.3, -0.25) is 4.79 Å². The standard InChI is InChI=1S/C28H50O2/c1-3-5-7-9-11-13-14-15-16-17-18-19-20-22-24-26-28(29)30-27-25-23-21-12-10-8-6-4-2/h9,11,13-16H,3-8,10,12,17-27H2,1-2H3. The molecule has 0 bridgehead atoms. The lowest BCUT2D eigenvalue weighted by atomic mass is 10.1. The van der Waals surface area contributed by atoms with Gasteiger partial charge in [0.15, 0.2) is 0 Å². The molecule has 0 unspecified atom stereocenters. The molecule has 2 nitrogen and oxygen atoms in total. The van der Waals surface area contributed by atoms with Crippen LogP contribution in [0.3, 0.4) is 0 Å². The average molecular weight is 419 g/mol. The summed E-state index contributed by atoms with van der Waals surface area (Å²) in [5.41, 5.74) is 0. The van der Waals surface area contributed by atoms with Gasteiger partial charge >= 0.3 is 5.97 Å². The maximum Gasteiger partial charge on any atom is 0.305 e. The molecular weight excluding hydrogens is 368 g/mol. The number of rotatable bonds is 22. The van der Waals surface area contributed by atoms with Crippen LogP contribution in [0.25, 0.3) is 0 Å². The number of hydrogen-bond donors (Lipinski definition) is 0. The van der Waals surface area contributed by atoms with Crippen LogP contribution < -0.4 is 0 Å². The quantitative estimate of drug-likeness (QED) is 0.0994. The van der Waals surface area contributed by atoms with Crippen molar-refractivity contribution in [3.05, 3.63) is 36.5 Å². The molecule has 0 aliphatic heterocycles. The van der Waals surface area contributed by atoms with Crippen LogP contribution in [0.15, 0.2) is 36.5 Å². The molecule has 0 radical (unpaired) electrons. The summed E-state index contributed by atoms with van der Waals surface area (Å²) in [6, 6.07) is 0. The van der Waals surface area contributed by atoms with E-state index in [1.165, 1.54) is 83.5 Å². The lowest BCUT2D eigenvalue weighted by Crippen LogP contribution is -2.05. The SMILES string of the molecule is CCCCC=CC=CC=CCCCCCCCC(=O)OCCCCCCCCCC. The fraction of sp³-hybridized carbons (Fsp3) is 0.750. The Balaban J connectivity index is 3.30. The van der Waals surface area contributed by atoms with E-state index in [1.807, 2.05) is 0 Å².